The number of rotatable bonds is 21. The number of aliphatic carboxylic acids is 1. The number of aldehydes is 1. The second kappa shape index (κ2) is 43.3. The van der Waals surface area contributed by atoms with Gasteiger partial charge in [0.15, 0.2) is 17.1 Å². The number of fused-ring (bicyclic) bond motifs is 3. The number of hydrogen-bond donors (Lipinski definition) is 7. The van der Waals surface area contributed by atoms with Crippen molar-refractivity contribution in [2.75, 3.05) is 29.2 Å². The molecule has 0 unspecified atom stereocenters. The van der Waals surface area contributed by atoms with Crippen LogP contribution >= 0.6 is 0 Å². The Hall–Kier alpha value is -12.2. The SMILES string of the molecule is C.C.C.CCOC(=O)Cc1ccccc1NC(=O)c1nc(-c2cccc(CN)c2)cn2cccc12.CCOC(=O)Cc1ccccc1NC(=O)c1nc(-c2cccc(CNC(=O)OC(C)(C)C)c2)cn2cccc12.NCc1cccc(-c2cn3cccc3c(C(=O)Nc3ccccc3CC(=O)O)n2)c1.O=CC(F)(F)F.[Na+].[OH-]. The van der Waals surface area contributed by atoms with Gasteiger partial charge in [0.1, 0.15) is 5.60 Å². The molecule has 10 N–H and O–H groups in total. The van der Waals surface area contributed by atoms with Gasteiger partial charge in [0, 0.05) is 90.6 Å². The van der Waals surface area contributed by atoms with Gasteiger partial charge in [-0.15, -0.1) is 0 Å². The second-order valence-electron chi connectivity index (χ2n) is 24.7. The standard InChI is InChI=1S/C30H32N4O5.C25H24N4O3.C23H20N4O3.C2HF3O.3CH4.Na.H2O/c1-5-38-26(35)17-22-11-6-7-13-23(22)33-28(36)27-25-14-9-15-34(25)19-24(32-27)21-12-8-10-20(16-21)18-31-29(37)39-30(2,3)4;1-2-32-23(30)14-19-8-3-4-10-20(19)28-25(31)24-22-11-6-12-29(22)16-21(27-24)18-9-5-7-17(13-18)15-26;24-13-15-5-3-7-16(11-15)19-14-27-10-4-9-20(27)22(25-19)23(30)26-18-8-2-1-6-17(18)12-21(28)29;3-2(4,5)1-6;;;;;/h6-16,19H,5,17-18H2,1-4H3,(H,31,37)(H,33,36);3-13,16H,2,14-15,26H2,1H3,(H,28,31);1-11,14H,12-13,24H2,(H,26,30)(H,28,29);1H;3*1H4;;1H2/q;;;;;;;+1;/p-1. The van der Waals surface area contributed by atoms with Crippen molar-refractivity contribution in [3.63, 3.8) is 0 Å². The first-order chi connectivity index (χ1) is 51.3. The predicted molar refractivity (Wildman–Crippen MR) is 420 cm³/mol. The summed E-state index contributed by atoms with van der Waals surface area (Å²) in [5.41, 5.74) is 24.3. The number of nitrogens with two attached hydrogens (primary N) is 2. The van der Waals surface area contributed by atoms with E-state index >= 15 is 0 Å². The number of aromatic nitrogens is 6. The third-order valence-electron chi connectivity index (χ3n) is 15.7. The van der Waals surface area contributed by atoms with Crippen LogP contribution in [-0.2, 0) is 72.3 Å². The van der Waals surface area contributed by atoms with Gasteiger partial charge in [-0.2, -0.15) is 13.2 Å². The Morgan fingerprint density at radius 2 is 0.804 bits per heavy atom. The number of halogens is 3. The van der Waals surface area contributed by atoms with E-state index in [1.165, 1.54) is 0 Å². The topological polar surface area (TPSA) is 367 Å². The molecule has 0 atom stereocenters. The van der Waals surface area contributed by atoms with Crippen LogP contribution in [0.3, 0.4) is 0 Å². The second-order valence-corrected chi connectivity index (χ2v) is 24.7. The fourth-order valence-electron chi connectivity index (χ4n) is 10.9. The van der Waals surface area contributed by atoms with Gasteiger partial charge in [0.05, 0.1) is 66.1 Å². The van der Waals surface area contributed by atoms with Crippen molar-refractivity contribution in [2.45, 2.75) is 108 Å². The molecule has 0 radical (unpaired) electrons. The molecular formula is C83H90F3N12NaO13. The number of esters is 2. The summed E-state index contributed by atoms with van der Waals surface area (Å²) in [4.78, 5) is 110. The van der Waals surface area contributed by atoms with E-state index in [0.717, 1.165) is 33.4 Å². The van der Waals surface area contributed by atoms with Gasteiger partial charge in [-0.1, -0.05) is 131 Å². The van der Waals surface area contributed by atoms with Crippen LogP contribution in [0.15, 0.2) is 219 Å². The van der Waals surface area contributed by atoms with Gasteiger partial charge < -0.3 is 70.7 Å². The number of hydrogen-bond acceptors (Lipinski definition) is 17. The van der Waals surface area contributed by atoms with Crippen LogP contribution < -0.4 is 62.3 Å². The molecule has 4 amide bonds. The average molecular weight is 1540 g/mol. The molecule has 582 valence electrons. The summed E-state index contributed by atoms with van der Waals surface area (Å²) in [5, 5.41) is 20.5. The Morgan fingerprint density at radius 1 is 0.482 bits per heavy atom. The number of benzene rings is 6. The van der Waals surface area contributed by atoms with Crippen LogP contribution in [0.25, 0.3) is 50.3 Å². The number of carboxylic acid groups (broad SMARTS) is 1. The Kier molecular flexibility index (Phi) is 35.6. The molecule has 0 aliphatic carbocycles. The number of alkyl halides is 3. The van der Waals surface area contributed by atoms with Crippen molar-refractivity contribution in [1.29, 1.82) is 0 Å². The van der Waals surface area contributed by atoms with Gasteiger partial charge in [-0.3, -0.25) is 33.6 Å². The minimum atomic E-state index is -4.64. The summed E-state index contributed by atoms with van der Waals surface area (Å²) in [6.45, 7) is 10.6. The number of carbonyl (C=O) groups is 8. The Morgan fingerprint density at radius 3 is 1.12 bits per heavy atom. The fourth-order valence-corrected chi connectivity index (χ4v) is 10.9. The molecule has 12 rings (SSSR count). The summed E-state index contributed by atoms with van der Waals surface area (Å²) in [5.74, 6) is -2.85. The van der Waals surface area contributed by atoms with Gasteiger partial charge in [-0.05, 0) is 141 Å². The van der Waals surface area contributed by atoms with E-state index in [1.54, 1.807) is 80.6 Å². The number of amides is 4. The maximum absolute atomic E-state index is 13.5. The summed E-state index contributed by atoms with van der Waals surface area (Å²) >= 11 is 0. The van der Waals surface area contributed by atoms with E-state index in [-0.39, 0.29) is 125 Å². The third-order valence-corrected chi connectivity index (χ3v) is 15.7. The molecule has 0 saturated heterocycles. The maximum Gasteiger partial charge on any atom is 1.00 e. The minimum Gasteiger partial charge on any atom is -0.870 e. The largest absolute Gasteiger partial charge is 1.00 e. The van der Waals surface area contributed by atoms with Crippen molar-refractivity contribution < 1.29 is 106 Å². The van der Waals surface area contributed by atoms with Crippen LogP contribution in [0.5, 0.6) is 0 Å². The zero-order chi connectivity index (χ0) is 76.8. The molecule has 0 bridgehead atoms. The summed E-state index contributed by atoms with van der Waals surface area (Å²) in [6.07, 6.45) is 4.90. The molecule has 12 aromatic rings. The summed E-state index contributed by atoms with van der Waals surface area (Å²) in [7, 11) is 0. The monoisotopic (exact) mass is 1540 g/mol. The number of nitrogens with zero attached hydrogens (tertiary/aromatic N) is 6. The normalized spacial score (nSPS) is 10.5. The van der Waals surface area contributed by atoms with Crippen molar-refractivity contribution in [3.8, 4) is 33.8 Å². The van der Waals surface area contributed by atoms with Gasteiger partial charge >= 0.3 is 59.7 Å². The van der Waals surface area contributed by atoms with E-state index in [1.807, 2.05) is 186 Å². The van der Waals surface area contributed by atoms with Crippen molar-refractivity contribution >= 4 is 81.6 Å². The first kappa shape index (κ1) is 92.2. The molecule has 29 heteroatoms. The van der Waals surface area contributed by atoms with Gasteiger partial charge in [0.25, 0.3) is 17.7 Å². The number of para-hydroxylation sites is 3. The molecule has 112 heavy (non-hydrogen) atoms. The smallest absolute Gasteiger partial charge is 0.870 e. The zero-order valence-electron chi connectivity index (χ0n) is 60.4. The van der Waals surface area contributed by atoms with Crippen molar-refractivity contribution in [3.05, 3.63) is 270 Å². The molecule has 25 nitrogen and oxygen atoms in total. The number of carboxylic acids is 1. The molecule has 0 saturated carbocycles. The Balaban J connectivity index is 0.000000336. The number of ether oxygens (including phenoxy) is 3. The number of carbonyl (C=O) groups excluding carboxylic acids is 7. The van der Waals surface area contributed by atoms with E-state index in [9.17, 15) is 46.7 Å². The van der Waals surface area contributed by atoms with Gasteiger partial charge in [-0.25, -0.2) is 19.7 Å². The third kappa shape index (κ3) is 26.0. The molecule has 0 aliphatic heterocycles. The van der Waals surface area contributed by atoms with Crippen LogP contribution in [0, 0.1) is 0 Å². The summed E-state index contributed by atoms with van der Waals surface area (Å²) < 4.78 is 52.2. The zero-order valence-corrected chi connectivity index (χ0v) is 62.4. The van der Waals surface area contributed by atoms with Crippen molar-refractivity contribution in [1.82, 2.24) is 33.5 Å². The van der Waals surface area contributed by atoms with Crippen LogP contribution in [0.1, 0.15) is 122 Å². The van der Waals surface area contributed by atoms with E-state index in [2.05, 4.69) is 31.2 Å². The quantitative estimate of drug-likeness (QED) is 0.0152. The van der Waals surface area contributed by atoms with E-state index in [0.29, 0.717) is 87.1 Å². The molecule has 0 fully saturated rings. The van der Waals surface area contributed by atoms with Crippen LogP contribution in [0.2, 0.25) is 0 Å². The van der Waals surface area contributed by atoms with Gasteiger partial charge in [0.2, 0.25) is 6.29 Å². The number of alkyl carbamates (subject to hydrolysis) is 1. The minimum absolute atomic E-state index is 0. The first-order valence-corrected chi connectivity index (χ1v) is 33.6. The predicted octanol–water partition coefficient (Wildman–Crippen LogP) is 12.0. The molecule has 6 heterocycles. The van der Waals surface area contributed by atoms with Crippen molar-refractivity contribution in [2.24, 2.45) is 11.5 Å². The molecule has 0 aliphatic rings. The maximum atomic E-state index is 13.5. The first-order valence-electron chi connectivity index (χ1n) is 33.6. The van der Waals surface area contributed by atoms with Crippen LogP contribution in [0.4, 0.5) is 35.0 Å². The Labute approximate surface area is 668 Å². The van der Waals surface area contributed by atoms with E-state index in [4.69, 9.17) is 40.6 Å². The molecule has 6 aromatic carbocycles. The molecule has 0 spiro atoms. The van der Waals surface area contributed by atoms with Crippen LogP contribution in [-0.4, -0.2) is 112 Å². The average Bonchev–Trinajstić information content (AvgIpc) is 1.55. The molecular weight excluding hydrogens is 1450 g/mol. The number of nitrogens with one attached hydrogen (secondary N) is 4. The number of anilines is 3. The molecule has 6 aromatic heterocycles. The van der Waals surface area contributed by atoms with E-state index < -0.39 is 41.9 Å². The Bertz CT molecular complexity index is 5210. The fraction of sp³-hybridized carbons (Fsp3) is 0.217. The summed E-state index contributed by atoms with van der Waals surface area (Å²) in [6, 6.07) is 55.2.